The Labute approximate surface area is 178 Å². The Bertz CT molecular complexity index is 701. The monoisotopic (exact) mass is 422 g/mol. The van der Waals surface area contributed by atoms with E-state index in [1.54, 1.807) is 7.05 Å². The number of hydrogen-bond donors (Lipinski definition) is 1. The molecule has 1 unspecified atom stereocenters. The predicted octanol–water partition coefficient (Wildman–Crippen LogP) is 2.17. The average Bonchev–Trinajstić information content (AvgIpc) is 2.78. The number of piperidine rings is 1. The third kappa shape index (κ3) is 5.62. The third-order valence-electron chi connectivity index (χ3n) is 5.75. The highest BCUT2D eigenvalue weighted by Gasteiger charge is 2.28. The van der Waals surface area contributed by atoms with Crippen LogP contribution in [0.3, 0.4) is 0 Å². The number of nitrogens with zero attached hydrogens (tertiary/aromatic N) is 3. The number of halogens is 1. The maximum absolute atomic E-state index is 11.8. The van der Waals surface area contributed by atoms with Gasteiger partial charge in [0.25, 0.3) is 0 Å². The first-order valence-corrected chi connectivity index (χ1v) is 10.6. The second kappa shape index (κ2) is 10.8. The molecule has 2 aliphatic rings. The van der Waals surface area contributed by atoms with E-state index in [9.17, 15) is 4.79 Å². The van der Waals surface area contributed by atoms with Gasteiger partial charge in [-0.25, -0.2) is 0 Å². The maximum atomic E-state index is 11.8. The summed E-state index contributed by atoms with van der Waals surface area (Å²) in [5.74, 6) is 0.732. The number of methoxy groups -OCH3 is 1. The maximum Gasteiger partial charge on any atom is 0.308 e. The summed E-state index contributed by atoms with van der Waals surface area (Å²) in [5.41, 5.74) is 1.11. The lowest BCUT2D eigenvalue weighted by Gasteiger charge is -2.37. The van der Waals surface area contributed by atoms with Crippen LogP contribution in [-0.2, 0) is 14.3 Å². The second-order valence-corrected chi connectivity index (χ2v) is 7.81. The first-order chi connectivity index (χ1) is 14.1. The molecule has 1 aromatic carbocycles. The minimum atomic E-state index is -0.112. The van der Waals surface area contributed by atoms with Gasteiger partial charge >= 0.3 is 5.97 Å². The van der Waals surface area contributed by atoms with Gasteiger partial charge in [-0.2, -0.15) is 0 Å². The first kappa shape index (κ1) is 21.9. The van der Waals surface area contributed by atoms with Crippen LogP contribution in [0.5, 0.6) is 0 Å². The number of hydrogen-bond acceptors (Lipinski definition) is 5. The van der Waals surface area contributed by atoms with Crippen molar-refractivity contribution in [1.29, 1.82) is 0 Å². The van der Waals surface area contributed by atoms with Crippen LogP contribution in [0.25, 0.3) is 0 Å². The molecule has 1 atom stereocenters. The largest absolute Gasteiger partial charge is 0.469 e. The molecule has 0 radical (unpaired) electrons. The number of aliphatic imine (C=N–C) groups is 1. The van der Waals surface area contributed by atoms with Gasteiger partial charge in [-0.15, -0.1) is 0 Å². The Morgan fingerprint density at radius 2 is 1.97 bits per heavy atom. The van der Waals surface area contributed by atoms with Gasteiger partial charge in [0.1, 0.15) is 0 Å². The molecule has 2 saturated heterocycles. The molecule has 2 aliphatic heterocycles. The summed E-state index contributed by atoms with van der Waals surface area (Å²) >= 11 is 6.53. The van der Waals surface area contributed by atoms with E-state index in [0.717, 1.165) is 68.8 Å². The van der Waals surface area contributed by atoms with E-state index in [1.165, 1.54) is 7.11 Å². The number of guanidine groups is 1. The van der Waals surface area contributed by atoms with Gasteiger partial charge in [0.2, 0.25) is 0 Å². The Morgan fingerprint density at radius 3 is 2.59 bits per heavy atom. The van der Waals surface area contributed by atoms with Crippen molar-refractivity contribution < 1.29 is 14.3 Å². The fraction of sp³-hybridized carbons (Fsp3) is 0.619. The van der Waals surface area contributed by atoms with Gasteiger partial charge in [0.05, 0.1) is 32.3 Å². The van der Waals surface area contributed by atoms with Crippen molar-refractivity contribution >= 4 is 23.5 Å². The molecule has 2 heterocycles. The summed E-state index contributed by atoms with van der Waals surface area (Å²) in [6.45, 7) is 5.49. The van der Waals surface area contributed by atoms with Crippen molar-refractivity contribution in [2.24, 2.45) is 10.9 Å². The van der Waals surface area contributed by atoms with Crippen molar-refractivity contribution in [2.45, 2.75) is 18.9 Å². The summed E-state index contributed by atoms with van der Waals surface area (Å²) < 4.78 is 10.4. The molecule has 3 rings (SSSR count). The summed E-state index contributed by atoms with van der Waals surface area (Å²) in [4.78, 5) is 20.9. The molecule has 8 heteroatoms. The lowest BCUT2D eigenvalue weighted by Crippen LogP contribution is -2.50. The van der Waals surface area contributed by atoms with Crippen LogP contribution in [0.1, 0.15) is 24.4 Å². The highest BCUT2D eigenvalue weighted by Crippen LogP contribution is 2.28. The van der Waals surface area contributed by atoms with Crippen LogP contribution in [0.4, 0.5) is 0 Å². The Kier molecular flexibility index (Phi) is 8.15. The molecule has 7 nitrogen and oxygen atoms in total. The number of morpholine rings is 1. The lowest BCUT2D eigenvalue weighted by atomic mass is 9.97. The number of likely N-dealkylation sites (tertiary alicyclic amines) is 1. The predicted molar refractivity (Wildman–Crippen MR) is 114 cm³/mol. The molecular formula is C21H31ClN4O3. The van der Waals surface area contributed by atoms with Crippen LogP contribution in [0.15, 0.2) is 29.3 Å². The second-order valence-electron chi connectivity index (χ2n) is 7.40. The van der Waals surface area contributed by atoms with Gasteiger partial charge in [-0.05, 0) is 24.5 Å². The number of carbonyl (C=O) groups is 1. The molecule has 0 bridgehead atoms. The molecule has 0 amide bonds. The highest BCUT2D eigenvalue weighted by atomic mass is 35.5. The smallest absolute Gasteiger partial charge is 0.308 e. The highest BCUT2D eigenvalue weighted by molar-refractivity contribution is 6.31. The van der Waals surface area contributed by atoms with E-state index in [1.807, 2.05) is 18.2 Å². The summed E-state index contributed by atoms with van der Waals surface area (Å²) in [7, 11) is 3.25. The zero-order valence-electron chi connectivity index (χ0n) is 17.3. The number of nitrogens with one attached hydrogen (secondary N) is 1. The zero-order chi connectivity index (χ0) is 20.6. The molecule has 0 saturated carbocycles. The molecule has 0 spiro atoms. The van der Waals surface area contributed by atoms with Gasteiger partial charge in [-0.3, -0.25) is 14.7 Å². The van der Waals surface area contributed by atoms with Crippen LogP contribution in [0, 0.1) is 5.92 Å². The SMILES string of the molecule is CN=C(NCC(c1ccccc1Cl)N1CCOCC1)N1CCC(C(=O)OC)CC1. The number of carbonyl (C=O) groups excluding carboxylic acids is 1. The summed E-state index contributed by atoms with van der Waals surface area (Å²) in [6, 6.07) is 8.16. The van der Waals surface area contributed by atoms with Crippen molar-refractivity contribution in [3.05, 3.63) is 34.9 Å². The lowest BCUT2D eigenvalue weighted by molar-refractivity contribution is -0.146. The topological polar surface area (TPSA) is 66.4 Å². The van der Waals surface area contributed by atoms with Crippen LogP contribution in [-0.4, -0.2) is 81.8 Å². The summed E-state index contributed by atoms with van der Waals surface area (Å²) in [6.07, 6.45) is 1.57. The van der Waals surface area contributed by atoms with Crippen molar-refractivity contribution in [1.82, 2.24) is 15.1 Å². The van der Waals surface area contributed by atoms with E-state index in [2.05, 4.69) is 26.2 Å². The van der Waals surface area contributed by atoms with Gasteiger partial charge in [-0.1, -0.05) is 29.8 Å². The van der Waals surface area contributed by atoms with E-state index < -0.39 is 0 Å². The minimum absolute atomic E-state index is 0.0152. The van der Waals surface area contributed by atoms with Crippen molar-refractivity contribution in [3.63, 3.8) is 0 Å². The van der Waals surface area contributed by atoms with E-state index in [-0.39, 0.29) is 17.9 Å². The summed E-state index contributed by atoms with van der Waals surface area (Å²) in [5, 5.41) is 4.32. The number of rotatable bonds is 5. The van der Waals surface area contributed by atoms with Crippen molar-refractivity contribution in [2.75, 3.05) is 60.1 Å². The molecule has 29 heavy (non-hydrogen) atoms. The minimum Gasteiger partial charge on any atom is -0.469 e. The molecule has 1 aromatic rings. The zero-order valence-corrected chi connectivity index (χ0v) is 18.0. The third-order valence-corrected chi connectivity index (χ3v) is 6.09. The fourth-order valence-corrected chi connectivity index (χ4v) is 4.35. The molecular weight excluding hydrogens is 392 g/mol. The number of esters is 1. The molecule has 1 N–H and O–H groups in total. The van der Waals surface area contributed by atoms with Crippen LogP contribution >= 0.6 is 11.6 Å². The molecule has 2 fully saturated rings. The molecule has 160 valence electrons. The normalized spacial score (nSPS) is 20.4. The van der Waals surface area contributed by atoms with Crippen LogP contribution in [0.2, 0.25) is 5.02 Å². The number of benzene rings is 1. The quantitative estimate of drug-likeness (QED) is 0.445. The van der Waals surface area contributed by atoms with E-state index in [4.69, 9.17) is 21.1 Å². The van der Waals surface area contributed by atoms with Crippen molar-refractivity contribution in [3.8, 4) is 0 Å². The first-order valence-electron chi connectivity index (χ1n) is 10.2. The van der Waals surface area contributed by atoms with Gasteiger partial charge in [0.15, 0.2) is 5.96 Å². The van der Waals surface area contributed by atoms with E-state index in [0.29, 0.717) is 6.54 Å². The Morgan fingerprint density at radius 1 is 1.28 bits per heavy atom. The van der Waals surface area contributed by atoms with Gasteiger partial charge < -0.3 is 19.7 Å². The Hall–Kier alpha value is -1.83. The fourth-order valence-electron chi connectivity index (χ4n) is 4.08. The van der Waals surface area contributed by atoms with Gasteiger partial charge in [0, 0.05) is 44.8 Å². The van der Waals surface area contributed by atoms with Crippen LogP contribution < -0.4 is 5.32 Å². The molecule has 0 aliphatic carbocycles. The number of ether oxygens (including phenoxy) is 2. The standard InChI is InChI=1S/C21H31ClN4O3/c1-23-21(26-9-7-16(8-10-26)20(27)28-2)24-15-19(25-11-13-29-14-12-25)17-5-3-4-6-18(17)22/h3-6,16,19H,7-15H2,1-2H3,(H,23,24). The Balaban J connectivity index is 1.65. The average molecular weight is 423 g/mol. The van der Waals surface area contributed by atoms with E-state index >= 15 is 0 Å². The molecule has 0 aromatic heterocycles.